The van der Waals surface area contributed by atoms with Crippen LogP contribution in [0.2, 0.25) is 0 Å². The molecule has 2 aliphatic rings. The monoisotopic (exact) mass is 676 g/mol. The van der Waals surface area contributed by atoms with Crippen molar-refractivity contribution in [3.05, 3.63) is 157 Å². The molecule has 0 bridgehead atoms. The second-order valence-corrected chi connectivity index (χ2v) is 15.6. The molecule has 2 nitrogen and oxygen atoms in total. The molecule has 0 saturated heterocycles. The highest BCUT2D eigenvalue weighted by molar-refractivity contribution is 7.27. The van der Waals surface area contributed by atoms with Crippen molar-refractivity contribution in [2.24, 2.45) is 0 Å². The Bertz CT molecular complexity index is 2970. The van der Waals surface area contributed by atoms with E-state index in [1.165, 1.54) is 96.1 Å². The van der Waals surface area contributed by atoms with Gasteiger partial charge in [-0.2, -0.15) is 0 Å². The SMILES string of the molecule is C1=CC(n2c3ccc(C4=CC=C(c5ccc6c(c5)c5sc7ccccc7c5n6-c5ccccc5)CC4)cc3c3sc4ccccc4c32)=CCC1. The predicted octanol–water partition coefficient (Wildman–Crippen LogP) is 13.8. The lowest BCUT2D eigenvalue weighted by Gasteiger charge is -2.17. The lowest BCUT2D eigenvalue weighted by Crippen LogP contribution is -1.97. The van der Waals surface area contributed by atoms with Crippen molar-refractivity contribution in [2.75, 3.05) is 0 Å². The van der Waals surface area contributed by atoms with Crippen LogP contribution in [-0.4, -0.2) is 9.13 Å². The Kier molecular flexibility index (Phi) is 6.28. The van der Waals surface area contributed by atoms with Crippen LogP contribution in [0.4, 0.5) is 0 Å². The van der Waals surface area contributed by atoms with Gasteiger partial charge >= 0.3 is 0 Å². The first-order chi connectivity index (χ1) is 24.8. The largest absolute Gasteiger partial charge is 0.308 e. The van der Waals surface area contributed by atoms with Crippen LogP contribution < -0.4 is 0 Å². The summed E-state index contributed by atoms with van der Waals surface area (Å²) in [4.78, 5) is 0. The van der Waals surface area contributed by atoms with Crippen molar-refractivity contribution < 1.29 is 0 Å². The summed E-state index contributed by atoms with van der Waals surface area (Å²) in [6, 6.07) is 42.8. The lowest BCUT2D eigenvalue weighted by molar-refractivity contribution is 1.02. The average molecular weight is 677 g/mol. The quantitative estimate of drug-likeness (QED) is 0.176. The number of allylic oxidation sites excluding steroid dienone is 8. The van der Waals surface area contributed by atoms with Crippen LogP contribution in [0.1, 0.15) is 36.8 Å². The standard InChI is InChI=1S/C46H32N2S2/c1-3-11-33(12-4-1)47-39-25-23-31(27-37(39)45-43(47)35-15-7-9-17-41(35)49-45)29-19-21-30(22-20-29)32-24-26-40-38(28-32)46-44(36-16-8-10-18-42(36)50-46)48(40)34-13-5-2-6-14-34/h1,3-5,7-19,21,23-28H,2,6,20,22H2. The Morgan fingerprint density at radius 1 is 0.500 bits per heavy atom. The number of para-hydroxylation sites is 1. The first kappa shape index (κ1) is 28.4. The van der Waals surface area contributed by atoms with E-state index in [1.807, 2.05) is 22.7 Å². The summed E-state index contributed by atoms with van der Waals surface area (Å²) >= 11 is 3.84. The fraction of sp³-hybridized carbons (Fsp3) is 0.0870. The predicted molar refractivity (Wildman–Crippen MR) is 219 cm³/mol. The summed E-state index contributed by atoms with van der Waals surface area (Å²) in [6.45, 7) is 0. The number of rotatable bonds is 4. The van der Waals surface area contributed by atoms with E-state index in [0.717, 1.165) is 25.7 Å². The van der Waals surface area contributed by atoms with Gasteiger partial charge in [-0.15, -0.1) is 22.7 Å². The lowest BCUT2D eigenvalue weighted by atomic mass is 9.89. The minimum Gasteiger partial charge on any atom is -0.308 e. The molecule has 0 amide bonds. The van der Waals surface area contributed by atoms with Crippen LogP contribution in [0.25, 0.3) is 84.9 Å². The van der Waals surface area contributed by atoms with Crippen LogP contribution in [-0.2, 0) is 0 Å². The topological polar surface area (TPSA) is 9.86 Å². The van der Waals surface area contributed by atoms with Crippen LogP contribution in [0, 0.1) is 0 Å². The van der Waals surface area contributed by atoms with Crippen molar-refractivity contribution >= 4 is 102 Å². The molecular weight excluding hydrogens is 645 g/mol. The number of thiophene rings is 2. The van der Waals surface area contributed by atoms with Gasteiger partial charge in [0, 0.05) is 42.3 Å². The van der Waals surface area contributed by atoms with Gasteiger partial charge in [-0.25, -0.2) is 0 Å². The summed E-state index contributed by atoms with van der Waals surface area (Å²) in [5, 5.41) is 5.36. The van der Waals surface area contributed by atoms with Crippen LogP contribution in [0.15, 0.2) is 146 Å². The van der Waals surface area contributed by atoms with E-state index in [4.69, 9.17) is 0 Å². The molecule has 9 aromatic rings. The molecule has 0 unspecified atom stereocenters. The van der Waals surface area contributed by atoms with E-state index in [2.05, 4.69) is 155 Å². The first-order valence-corrected chi connectivity index (χ1v) is 19.2. The smallest absolute Gasteiger partial charge is 0.0727 e. The van der Waals surface area contributed by atoms with Crippen molar-refractivity contribution in [1.29, 1.82) is 0 Å². The summed E-state index contributed by atoms with van der Waals surface area (Å²) in [5.74, 6) is 0. The third-order valence-electron chi connectivity index (χ3n) is 10.7. The van der Waals surface area contributed by atoms with Gasteiger partial charge in [0.15, 0.2) is 0 Å². The highest BCUT2D eigenvalue weighted by atomic mass is 32.1. The Morgan fingerprint density at radius 2 is 1.06 bits per heavy atom. The number of benzene rings is 5. The molecule has 0 atom stereocenters. The fourth-order valence-corrected chi connectivity index (χ4v) is 10.8. The third kappa shape index (κ3) is 4.19. The molecule has 0 fully saturated rings. The molecule has 4 heterocycles. The van der Waals surface area contributed by atoms with Crippen LogP contribution in [0.3, 0.4) is 0 Å². The molecule has 0 radical (unpaired) electrons. The van der Waals surface area contributed by atoms with Gasteiger partial charge in [0.05, 0.1) is 31.5 Å². The summed E-state index contributed by atoms with van der Waals surface area (Å²) in [7, 11) is 0. The van der Waals surface area contributed by atoms with Crippen molar-refractivity contribution in [1.82, 2.24) is 9.13 Å². The maximum Gasteiger partial charge on any atom is 0.0727 e. The average Bonchev–Trinajstić information content (AvgIpc) is 3.92. The zero-order valence-electron chi connectivity index (χ0n) is 27.4. The maximum atomic E-state index is 2.50. The minimum absolute atomic E-state index is 1.03. The van der Waals surface area contributed by atoms with Crippen molar-refractivity contribution in [3.63, 3.8) is 0 Å². The van der Waals surface area contributed by atoms with E-state index in [-0.39, 0.29) is 0 Å². The van der Waals surface area contributed by atoms with E-state index < -0.39 is 0 Å². The van der Waals surface area contributed by atoms with Crippen LogP contribution in [0.5, 0.6) is 0 Å². The van der Waals surface area contributed by atoms with Gasteiger partial charge in [0.2, 0.25) is 0 Å². The second kappa shape index (κ2) is 11.0. The van der Waals surface area contributed by atoms with Crippen LogP contribution >= 0.6 is 22.7 Å². The first-order valence-electron chi connectivity index (χ1n) is 17.5. The molecule has 50 heavy (non-hydrogen) atoms. The summed E-state index contributed by atoms with van der Waals surface area (Å²) in [6.07, 6.45) is 16.0. The minimum atomic E-state index is 1.03. The molecule has 0 aliphatic heterocycles. The summed E-state index contributed by atoms with van der Waals surface area (Å²) in [5.41, 5.74) is 13.2. The van der Waals surface area contributed by atoms with E-state index in [1.54, 1.807) is 0 Å². The van der Waals surface area contributed by atoms with Gasteiger partial charge in [0.25, 0.3) is 0 Å². The van der Waals surface area contributed by atoms with Gasteiger partial charge < -0.3 is 9.13 Å². The number of nitrogens with zero attached hydrogens (tertiary/aromatic N) is 2. The zero-order chi connectivity index (χ0) is 32.8. The van der Waals surface area contributed by atoms with Crippen molar-refractivity contribution in [2.45, 2.75) is 25.7 Å². The molecule has 238 valence electrons. The zero-order valence-corrected chi connectivity index (χ0v) is 29.0. The second-order valence-electron chi connectivity index (χ2n) is 13.5. The molecule has 0 saturated carbocycles. The Balaban J connectivity index is 1.02. The fourth-order valence-electron chi connectivity index (χ4n) is 8.34. The summed E-state index contributed by atoms with van der Waals surface area (Å²) < 4.78 is 10.4. The van der Waals surface area contributed by atoms with Gasteiger partial charge in [-0.3, -0.25) is 0 Å². The maximum absolute atomic E-state index is 2.50. The molecule has 11 rings (SSSR count). The molecule has 0 spiro atoms. The Hall–Kier alpha value is -5.42. The molecule has 2 aliphatic carbocycles. The van der Waals surface area contributed by atoms with Crippen molar-refractivity contribution in [3.8, 4) is 5.69 Å². The molecular formula is C46H32N2S2. The van der Waals surface area contributed by atoms with E-state index >= 15 is 0 Å². The highest BCUT2D eigenvalue weighted by Gasteiger charge is 2.21. The molecule has 0 N–H and O–H groups in total. The van der Waals surface area contributed by atoms with Gasteiger partial charge in [-0.1, -0.05) is 91.0 Å². The third-order valence-corrected chi connectivity index (χ3v) is 13.1. The Labute approximate surface area is 297 Å². The van der Waals surface area contributed by atoms with Gasteiger partial charge in [0.1, 0.15) is 0 Å². The molecule has 4 heteroatoms. The molecule has 4 aromatic heterocycles. The number of aromatic nitrogens is 2. The highest BCUT2D eigenvalue weighted by Crippen LogP contribution is 2.46. The van der Waals surface area contributed by atoms with E-state index in [0.29, 0.717) is 0 Å². The van der Waals surface area contributed by atoms with E-state index in [9.17, 15) is 0 Å². The number of hydrogen-bond donors (Lipinski definition) is 0. The normalized spacial score (nSPS) is 15.2. The Morgan fingerprint density at radius 3 is 1.64 bits per heavy atom. The molecule has 5 aromatic carbocycles. The number of hydrogen-bond acceptors (Lipinski definition) is 2. The van der Waals surface area contributed by atoms with Gasteiger partial charge in [-0.05, 0) is 103 Å². The number of fused-ring (bicyclic) bond motifs is 10.